The Bertz CT molecular complexity index is 1070. The van der Waals surface area contributed by atoms with Crippen molar-refractivity contribution in [1.29, 1.82) is 0 Å². The molecule has 0 spiro atoms. The van der Waals surface area contributed by atoms with Crippen molar-refractivity contribution < 1.29 is 0 Å². The SMILES string of the molecule is CCNC(=S)C(C(N)=NCC(C)C)C(NCc1ccc(-c2ncccn2)cc1)Nc1ccccc1. The minimum Gasteiger partial charge on any atom is -0.387 e. The summed E-state index contributed by atoms with van der Waals surface area (Å²) in [6.07, 6.45) is 3.23. The Morgan fingerprint density at radius 3 is 2.31 bits per heavy atom. The molecule has 1 heterocycles. The maximum Gasteiger partial charge on any atom is 0.159 e. The van der Waals surface area contributed by atoms with Gasteiger partial charge >= 0.3 is 0 Å². The molecule has 0 aliphatic rings. The monoisotopic (exact) mass is 489 g/mol. The molecule has 0 fully saturated rings. The van der Waals surface area contributed by atoms with Gasteiger partial charge in [-0.3, -0.25) is 10.3 Å². The van der Waals surface area contributed by atoms with Crippen molar-refractivity contribution in [3.63, 3.8) is 0 Å². The van der Waals surface area contributed by atoms with Crippen molar-refractivity contribution in [2.24, 2.45) is 22.6 Å². The number of nitrogens with one attached hydrogen (secondary N) is 3. The largest absolute Gasteiger partial charge is 0.387 e. The number of nitrogens with two attached hydrogens (primary N) is 1. The number of hydrogen-bond donors (Lipinski definition) is 4. The first-order chi connectivity index (χ1) is 17.0. The molecule has 5 N–H and O–H groups in total. The number of hydrogen-bond acceptors (Lipinski definition) is 6. The highest BCUT2D eigenvalue weighted by Gasteiger charge is 2.29. The Morgan fingerprint density at radius 2 is 1.69 bits per heavy atom. The average Bonchev–Trinajstić information content (AvgIpc) is 2.87. The van der Waals surface area contributed by atoms with E-state index < -0.39 is 0 Å². The summed E-state index contributed by atoms with van der Waals surface area (Å²) in [5, 5.41) is 10.5. The van der Waals surface area contributed by atoms with Crippen molar-refractivity contribution in [2.45, 2.75) is 33.5 Å². The van der Waals surface area contributed by atoms with Crippen molar-refractivity contribution in [2.75, 3.05) is 18.4 Å². The van der Waals surface area contributed by atoms with Gasteiger partial charge in [0.25, 0.3) is 0 Å². The van der Waals surface area contributed by atoms with Crippen LogP contribution in [0.3, 0.4) is 0 Å². The number of thiocarbonyl (C=S) groups is 1. The smallest absolute Gasteiger partial charge is 0.159 e. The molecule has 2 aromatic carbocycles. The van der Waals surface area contributed by atoms with Gasteiger partial charge in [0.05, 0.1) is 17.1 Å². The molecule has 0 aliphatic carbocycles. The molecule has 0 bridgehead atoms. The van der Waals surface area contributed by atoms with Crippen LogP contribution >= 0.6 is 12.2 Å². The summed E-state index contributed by atoms with van der Waals surface area (Å²) in [5.74, 6) is 1.31. The molecule has 1 aromatic heterocycles. The predicted octanol–water partition coefficient (Wildman–Crippen LogP) is 4.24. The maximum absolute atomic E-state index is 6.53. The third-order valence-corrected chi connectivity index (χ3v) is 5.72. The summed E-state index contributed by atoms with van der Waals surface area (Å²) in [4.78, 5) is 14.0. The van der Waals surface area contributed by atoms with E-state index in [1.807, 2.05) is 55.5 Å². The van der Waals surface area contributed by atoms with Gasteiger partial charge < -0.3 is 16.4 Å². The second-order valence-corrected chi connectivity index (χ2v) is 9.11. The summed E-state index contributed by atoms with van der Waals surface area (Å²) in [6, 6.07) is 20.1. The average molecular weight is 490 g/mol. The number of aliphatic imine (C=N–C) groups is 1. The standard InChI is InChI=1S/C27H35N7S/c1-4-29-27(35)23(24(28)32-17-19(2)3)26(34-22-9-6-5-7-10-22)33-18-20-11-13-21(14-12-20)25-30-15-8-16-31-25/h5-16,19,23,26,33-34H,4,17-18H2,1-3H3,(H2,28,32)(H,29,35). The van der Waals surface area contributed by atoms with E-state index in [1.54, 1.807) is 12.4 Å². The minimum absolute atomic E-state index is 0.267. The molecular weight excluding hydrogens is 454 g/mol. The minimum atomic E-state index is -0.319. The zero-order valence-corrected chi connectivity index (χ0v) is 21.4. The van der Waals surface area contributed by atoms with Gasteiger partial charge in [0, 0.05) is 43.3 Å². The van der Waals surface area contributed by atoms with Crippen molar-refractivity contribution >= 4 is 28.7 Å². The van der Waals surface area contributed by atoms with Crippen molar-refractivity contribution in [3.8, 4) is 11.4 Å². The van der Waals surface area contributed by atoms with E-state index in [2.05, 4.69) is 56.9 Å². The van der Waals surface area contributed by atoms with Crippen molar-refractivity contribution in [3.05, 3.63) is 78.6 Å². The Balaban J connectivity index is 1.83. The van der Waals surface area contributed by atoms with Crippen LogP contribution in [0.4, 0.5) is 5.69 Å². The first-order valence-electron chi connectivity index (χ1n) is 12.0. The second kappa shape index (κ2) is 13.5. The Morgan fingerprint density at radius 1 is 1.00 bits per heavy atom. The lowest BCUT2D eigenvalue weighted by Crippen LogP contribution is -2.53. The number of nitrogens with zero attached hydrogens (tertiary/aromatic N) is 3. The van der Waals surface area contributed by atoms with E-state index >= 15 is 0 Å². The van der Waals surface area contributed by atoms with E-state index in [0.29, 0.717) is 42.2 Å². The molecule has 0 amide bonds. The van der Waals surface area contributed by atoms with Crippen LogP contribution in [0.25, 0.3) is 11.4 Å². The highest BCUT2D eigenvalue weighted by molar-refractivity contribution is 7.80. The van der Waals surface area contributed by atoms with Crippen LogP contribution < -0.4 is 21.7 Å². The molecule has 3 aromatic rings. The van der Waals surface area contributed by atoms with Crippen molar-refractivity contribution in [1.82, 2.24) is 20.6 Å². The summed E-state index contributed by atoms with van der Waals surface area (Å²) in [5.41, 5.74) is 9.61. The second-order valence-electron chi connectivity index (χ2n) is 8.67. The highest BCUT2D eigenvalue weighted by Crippen LogP contribution is 2.17. The fourth-order valence-corrected chi connectivity index (χ4v) is 3.94. The van der Waals surface area contributed by atoms with Gasteiger partial charge in [-0.1, -0.05) is 68.5 Å². The van der Waals surface area contributed by atoms with Crippen LogP contribution in [0.1, 0.15) is 26.3 Å². The zero-order chi connectivity index (χ0) is 25.0. The van der Waals surface area contributed by atoms with Gasteiger partial charge in [-0.2, -0.15) is 0 Å². The van der Waals surface area contributed by atoms with E-state index in [-0.39, 0.29) is 12.1 Å². The molecule has 35 heavy (non-hydrogen) atoms. The molecule has 184 valence electrons. The zero-order valence-electron chi connectivity index (χ0n) is 20.6. The quantitative estimate of drug-likeness (QED) is 0.131. The molecule has 0 radical (unpaired) electrons. The van der Waals surface area contributed by atoms with Gasteiger partial charge in [-0.05, 0) is 36.6 Å². The lowest BCUT2D eigenvalue weighted by molar-refractivity contribution is 0.524. The first kappa shape index (κ1) is 26.2. The molecule has 8 heteroatoms. The fraction of sp³-hybridized carbons (Fsp3) is 0.333. The van der Waals surface area contributed by atoms with E-state index in [4.69, 9.17) is 18.0 Å². The van der Waals surface area contributed by atoms with Crippen LogP contribution in [0, 0.1) is 11.8 Å². The molecule has 0 saturated heterocycles. The Kier molecular flexibility index (Phi) is 10.1. The van der Waals surface area contributed by atoms with E-state index in [9.17, 15) is 0 Å². The van der Waals surface area contributed by atoms with E-state index in [0.717, 1.165) is 16.8 Å². The Labute approximate surface area is 213 Å². The van der Waals surface area contributed by atoms with Crippen LogP contribution in [-0.4, -0.2) is 40.0 Å². The van der Waals surface area contributed by atoms with Gasteiger partial charge in [0.15, 0.2) is 5.82 Å². The predicted molar refractivity (Wildman–Crippen MR) is 149 cm³/mol. The number of aromatic nitrogens is 2. The fourth-order valence-electron chi connectivity index (χ4n) is 3.54. The summed E-state index contributed by atoms with van der Waals surface area (Å²) in [7, 11) is 0. The number of benzene rings is 2. The van der Waals surface area contributed by atoms with Crippen LogP contribution in [0.5, 0.6) is 0 Å². The molecule has 0 saturated carbocycles. The summed E-state index contributed by atoms with van der Waals surface area (Å²) < 4.78 is 0. The van der Waals surface area contributed by atoms with Gasteiger partial charge in [0.1, 0.15) is 5.84 Å². The third kappa shape index (κ3) is 8.12. The number of rotatable bonds is 12. The molecule has 2 unspecified atom stereocenters. The number of amidine groups is 1. The van der Waals surface area contributed by atoms with Crippen LogP contribution in [0.2, 0.25) is 0 Å². The molecule has 2 atom stereocenters. The molecule has 7 nitrogen and oxygen atoms in total. The van der Waals surface area contributed by atoms with Gasteiger partial charge in [-0.25, -0.2) is 9.97 Å². The van der Waals surface area contributed by atoms with Gasteiger partial charge in [0.2, 0.25) is 0 Å². The lowest BCUT2D eigenvalue weighted by Gasteiger charge is -2.30. The Hall–Kier alpha value is -3.36. The maximum atomic E-state index is 6.53. The first-order valence-corrected chi connectivity index (χ1v) is 12.4. The lowest BCUT2D eigenvalue weighted by atomic mass is 10.0. The highest BCUT2D eigenvalue weighted by atomic mass is 32.1. The normalized spacial score (nSPS) is 13.3. The topological polar surface area (TPSA) is 100 Å². The van der Waals surface area contributed by atoms with Crippen LogP contribution in [-0.2, 0) is 6.54 Å². The third-order valence-electron chi connectivity index (χ3n) is 5.32. The van der Waals surface area contributed by atoms with E-state index in [1.165, 1.54) is 0 Å². The van der Waals surface area contributed by atoms with Crippen LogP contribution in [0.15, 0.2) is 78.0 Å². The summed E-state index contributed by atoms with van der Waals surface area (Å²) >= 11 is 5.76. The molecule has 0 aliphatic heterocycles. The molecular formula is C27H35N7S. The summed E-state index contributed by atoms with van der Waals surface area (Å²) in [6.45, 7) is 8.25. The molecule has 3 rings (SSSR count). The number of para-hydroxylation sites is 1. The number of anilines is 1. The van der Waals surface area contributed by atoms with Gasteiger partial charge in [-0.15, -0.1) is 0 Å².